The van der Waals surface area contributed by atoms with Gasteiger partial charge < -0.3 is 5.73 Å². The van der Waals surface area contributed by atoms with Gasteiger partial charge >= 0.3 is 0 Å². The maximum atomic E-state index is 14.0. The molecule has 0 atom stereocenters. The summed E-state index contributed by atoms with van der Waals surface area (Å²) in [6, 6.07) is 9.12. The van der Waals surface area contributed by atoms with Gasteiger partial charge in [0.2, 0.25) is 0 Å². The molecular weight excluding hydrogens is 213 g/mol. The van der Waals surface area contributed by atoms with Crippen LogP contribution in [0.4, 0.5) is 10.1 Å². The molecule has 0 aliphatic rings. The zero-order chi connectivity index (χ0) is 12.6. The predicted octanol–water partition coefficient (Wildman–Crippen LogP) is 4.00. The zero-order valence-electron chi connectivity index (χ0n) is 10.3. The van der Waals surface area contributed by atoms with Crippen LogP contribution in [0.3, 0.4) is 0 Å². The summed E-state index contributed by atoms with van der Waals surface area (Å²) in [7, 11) is 0. The number of aryl methyl sites for hydroxylation is 3. The molecule has 1 nitrogen and oxygen atoms in total. The van der Waals surface area contributed by atoms with E-state index in [1.807, 2.05) is 39.0 Å². The fourth-order valence-corrected chi connectivity index (χ4v) is 2.22. The number of halogens is 1. The van der Waals surface area contributed by atoms with Gasteiger partial charge in [-0.3, -0.25) is 0 Å². The first-order valence-corrected chi connectivity index (χ1v) is 5.62. The van der Waals surface area contributed by atoms with Crippen molar-refractivity contribution in [2.75, 3.05) is 5.73 Å². The minimum absolute atomic E-state index is 0.171. The Kier molecular flexibility index (Phi) is 2.88. The van der Waals surface area contributed by atoms with Gasteiger partial charge in [0, 0.05) is 11.3 Å². The van der Waals surface area contributed by atoms with Crippen LogP contribution in [0.15, 0.2) is 30.3 Å². The second-order valence-electron chi connectivity index (χ2n) is 4.51. The van der Waals surface area contributed by atoms with Gasteiger partial charge in [-0.2, -0.15) is 0 Å². The van der Waals surface area contributed by atoms with Crippen LogP contribution in [0.2, 0.25) is 0 Å². The summed E-state index contributed by atoms with van der Waals surface area (Å²) in [5.74, 6) is -0.171. The van der Waals surface area contributed by atoms with Crippen molar-refractivity contribution in [3.63, 3.8) is 0 Å². The van der Waals surface area contributed by atoms with E-state index in [0.29, 0.717) is 11.3 Å². The molecule has 0 aliphatic heterocycles. The van der Waals surface area contributed by atoms with Crippen molar-refractivity contribution in [2.45, 2.75) is 20.8 Å². The third-order valence-electron chi connectivity index (χ3n) is 2.95. The molecular formula is C15H16FN. The van der Waals surface area contributed by atoms with E-state index in [1.54, 1.807) is 12.1 Å². The molecule has 0 spiro atoms. The minimum Gasteiger partial charge on any atom is -0.399 e. The van der Waals surface area contributed by atoms with Crippen molar-refractivity contribution in [3.05, 3.63) is 52.8 Å². The molecule has 2 heteroatoms. The quantitative estimate of drug-likeness (QED) is 0.735. The van der Waals surface area contributed by atoms with Crippen LogP contribution >= 0.6 is 0 Å². The van der Waals surface area contributed by atoms with Gasteiger partial charge in [0.25, 0.3) is 0 Å². The van der Waals surface area contributed by atoms with E-state index in [-0.39, 0.29) is 5.82 Å². The van der Waals surface area contributed by atoms with Crippen LogP contribution in [-0.2, 0) is 0 Å². The lowest BCUT2D eigenvalue weighted by Gasteiger charge is -2.12. The highest BCUT2D eigenvalue weighted by atomic mass is 19.1. The maximum Gasteiger partial charge on any atom is 0.131 e. The Balaban J connectivity index is 2.68. The summed E-state index contributed by atoms with van der Waals surface area (Å²) >= 11 is 0. The Morgan fingerprint density at radius 1 is 0.941 bits per heavy atom. The number of nitrogens with two attached hydrogens (primary N) is 1. The molecule has 0 aromatic heterocycles. The largest absolute Gasteiger partial charge is 0.399 e. The Hall–Kier alpha value is -1.83. The molecule has 0 saturated heterocycles. The second-order valence-corrected chi connectivity index (χ2v) is 4.51. The zero-order valence-corrected chi connectivity index (χ0v) is 10.3. The van der Waals surface area contributed by atoms with Crippen LogP contribution in [0.25, 0.3) is 11.1 Å². The first kappa shape index (κ1) is 11.6. The number of hydrogen-bond acceptors (Lipinski definition) is 1. The van der Waals surface area contributed by atoms with Crippen LogP contribution in [-0.4, -0.2) is 0 Å². The number of anilines is 1. The molecule has 2 aromatic carbocycles. The van der Waals surface area contributed by atoms with E-state index in [4.69, 9.17) is 5.73 Å². The van der Waals surface area contributed by atoms with Gasteiger partial charge in [-0.15, -0.1) is 0 Å². The summed E-state index contributed by atoms with van der Waals surface area (Å²) in [6.45, 7) is 5.78. The fourth-order valence-electron chi connectivity index (χ4n) is 2.22. The molecule has 2 N–H and O–H groups in total. The molecule has 0 saturated carbocycles. The van der Waals surface area contributed by atoms with Crippen LogP contribution in [0.1, 0.15) is 16.7 Å². The molecule has 2 rings (SSSR count). The number of hydrogen-bond donors (Lipinski definition) is 1. The summed E-state index contributed by atoms with van der Waals surface area (Å²) in [5, 5.41) is 0. The van der Waals surface area contributed by atoms with Crippen molar-refractivity contribution >= 4 is 5.69 Å². The van der Waals surface area contributed by atoms with Gasteiger partial charge in [-0.05, 0) is 61.2 Å². The standard InChI is InChI=1S/C15H16FN/c1-9-6-11(3)15(14(16)7-9)13-5-4-12(17)8-10(13)2/h4-8H,17H2,1-3H3. The Morgan fingerprint density at radius 2 is 1.65 bits per heavy atom. The molecule has 88 valence electrons. The van der Waals surface area contributed by atoms with Crippen LogP contribution in [0, 0.1) is 26.6 Å². The summed E-state index contributed by atoms with van der Waals surface area (Å²) in [6.07, 6.45) is 0. The predicted molar refractivity (Wildman–Crippen MR) is 70.5 cm³/mol. The molecule has 17 heavy (non-hydrogen) atoms. The fraction of sp³-hybridized carbons (Fsp3) is 0.200. The lowest BCUT2D eigenvalue weighted by molar-refractivity contribution is 0.629. The summed E-state index contributed by atoms with van der Waals surface area (Å²) < 4.78 is 14.0. The van der Waals surface area contributed by atoms with E-state index in [9.17, 15) is 4.39 Å². The lowest BCUT2D eigenvalue weighted by atomic mass is 9.94. The van der Waals surface area contributed by atoms with Gasteiger partial charge in [0.05, 0.1) is 0 Å². The molecule has 0 aliphatic carbocycles. The van der Waals surface area contributed by atoms with Crippen molar-refractivity contribution in [2.24, 2.45) is 0 Å². The number of nitrogen functional groups attached to an aromatic ring is 1. The molecule has 0 radical (unpaired) electrons. The molecule has 2 aromatic rings. The highest BCUT2D eigenvalue weighted by Crippen LogP contribution is 2.31. The van der Waals surface area contributed by atoms with Crippen molar-refractivity contribution in [1.29, 1.82) is 0 Å². The first-order valence-electron chi connectivity index (χ1n) is 5.62. The van der Waals surface area contributed by atoms with Gasteiger partial charge in [0.1, 0.15) is 5.82 Å². The Labute approximate surface area is 101 Å². The van der Waals surface area contributed by atoms with E-state index < -0.39 is 0 Å². The van der Waals surface area contributed by atoms with Crippen molar-refractivity contribution in [3.8, 4) is 11.1 Å². The lowest BCUT2D eigenvalue weighted by Crippen LogP contribution is -1.94. The second kappa shape index (κ2) is 4.21. The Bertz CT molecular complexity index is 550. The summed E-state index contributed by atoms with van der Waals surface area (Å²) in [5.41, 5.74) is 10.9. The number of rotatable bonds is 1. The average Bonchev–Trinajstić information content (AvgIpc) is 2.19. The SMILES string of the molecule is Cc1cc(C)c(-c2ccc(N)cc2C)c(F)c1. The molecule has 0 fully saturated rings. The highest BCUT2D eigenvalue weighted by Gasteiger charge is 2.11. The number of benzene rings is 2. The summed E-state index contributed by atoms with van der Waals surface area (Å²) in [4.78, 5) is 0. The third kappa shape index (κ3) is 2.16. The van der Waals surface area contributed by atoms with E-state index >= 15 is 0 Å². The molecule has 0 heterocycles. The smallest absolute Gasteiger partial charge is 0.131 e. The van der Waals surface area contributed by atoms with E-state index in [1.165, 1.54) is 0 Å². The van der Waals surface area contributed by atoms with Gasteiger partial charge in [0.15, 0.2) is 0 Å². The molecule has 0 amide bonds. The average molecular weight is 229 g/mol. The van der Waals surface area contributed by atoms with Crippen LogP contribution in [0.5, 0.6) is 0 Å². The topological polar surface area (TPSA) is 26.0 Å². The molecule has 0 bridgehead atoms. The normalized spacial score (nSPS) is 10.6. The minimum atomic E-state index is -0.171. The van der Waals surface area contributed by atoms with Gasteiger partial charge in [-0.25, -0.2) is 4.39 Å². The first-order chi connectivity index (χ1) is 7.99. The van der Waals surface area contributed by atoms with Gasteiger partial charge in [-0.1, -0.05) is 12.1 Å². The van der Waals surface area contributed by atoms with Crippen molar-refractivity contribution < 1.29 is 4.39 Å². The maximum absolute atomic E-state index is 14.0. The monoisotopic (exact) mass is 229 g/mol. The van der Waals surface area contributed by atoms with E-state index in [2.05, 4.69) is 0 Å². The van der Waals surface area contributed by atoms with E-state index in [0.717, 1.165) is 22.3 Å². The Morgan fingerprint density at radius 3 is 2.24 bits per heavy atom. The third-order valence-corrected chi connectivity index (χ3v) is 2.95. The van der Waals surface area contributed by atoms with Crippen molar-refractivity contribution in [1.82, 2.24) is 0 Å². The van der Waals surface area contributed by atoms with Crippen LogP contribution < -0.4 is 5.73 Å². The molecule has 0 unspecified atom stereocenters. The highest BCUT2D eigenvalue weighted by molar-refractivity contribution is 5.73.